The van der Waals surface area contributed by atoms with Crippen LogP contribution >= 0.6 is 0 Å². The van der Waals surface area contributed by atoms with E-state index >= 15 is 0 Å². The monoisotopic (exact) mass is 226 g/mol. The first-order valence-corrected chi connectivity index (χ1v) is 6.05. The summed E-state index contributed by atoms with van der Waals surface area (Å²) in [6.07, 6.45) is 2.69. The zero-order valence-corrected chi connectivity index (χ0v) is 10.7. The molecule has 92 valence electrons. The maximum Gasteiger partial charge on any atom is 0.325 e. The molecule has 0 aromatic carbocycles. The number of rotatable bonds is 5. The highest BCUT2D eigenvalue weighted by atomic mass is 16.2. The van der Waals surface area contributed by atoms with Crippen LogP contribution in [0.15, 0.2) is 0 Å². The molecule has 1 unspecified atom stereocenters. The Balaban J connectivity index is 2.62. The van der Waals surface area contributed by atoms with Crippen LogP contribution in [0.5, 0.6) is 0 Å². The SMILES string of the molecule is CCC1(C)C(=O)NC(=O)N1CCCC(C)C. The molecule has 0 spiro atoms. The maximum absolute atomic E-state index is 11.7. The summed E-state index contributed by atoms with van der Waals surface area (Å²) >= 11 is 0. The molecule has 1 aliphatic rings. The minimum absolute atomic E-state index is 0.162. The fourth-order valence-corrected chi connectivity index (χ4v) is 2.00. The van der Waals surface area contributed by atoms with Crippen molar-refractivity contribution in [2.75, 3.05) is 6.54 Å². The third kappa shape index (κ3) is 2.36. The lowest BCUT2D eigenvalue weighted by Gasteiger charge is -2.30. The van der Waals surface area contributed by atoms with E-state index in [4.69, 9.17) is 0 Å². The first kappa shape index (κ1) is 13.0. The molecule has 1 saturated heterocycles. The molecule has 1 fully saturated rings. The number of nitrogens with zero attached hydrogens (tertiary/aromatic N) is 1. The van der Waals surface area contributed by atoms with E-state index in [0.717, 1.165) is 12.8 Å². The summed E-state index contributed by atoms with van der Waals surface area (Å²) in [5.41, 5.74) is -0.645. The van der Waals surface area contributed by atoms with Gasteiger partial charge in [-0.25, -0.2) is 4.79 Å². The van der Waals surface area contributed by atoms with Gasteiger partial charge >= 0.3 is 6.03 Å². The number of amides is 3. The summed E-state index contributed by atoms with van der Waals surface area (Å²) in [6.45, 7) is 8.76. The Kier molecular flexibility index (Phi) is 3.94. The van der Waals surface area contributed by atoms with Gasteiger partial charge in [-0.15, -0.1) is 0 Å². The van der Waals surface area contributed by atoms with Crippen molar-refractivity contribution in [1.82, 2.24) is 10.2 Å². The summed E-state index contributed by atoms with van der Waals surface area (Å²) in [5, 5.41) is 2.39. The Bertz CT molecular complexity index is 289. The smallest absolute Gasteiger partial charge is 0.310 e. The van der Waals surface area contributed by atoms with Crippen molar-refractivity contribution in [3.63, 3.8) is 0 Å². The number of nitrogens with one attached hydrogen (secondary N) is 1. The molecule has 1 atom stereocenters. The summed E-state index contributed by atoms with van der Waals surface area (Å²) in [5.74, 6) is 0.471. The van der Waals surface area contributed by atoms with Gasteiger partial charge in [0.25, 0.3) is 5.91 Å². The molecule has 1 rings (SSSR count). The second-order valence-electron chi connectivity index (χ2n) is 5.07. The molecule has 1 aliphatic heterocycles. The van der Waals surface area contributed by atoms with Gasteiger partial charge in [0.15, 0.2) is 0 Å². The first-order valence-electron chi connectivity index (χ1n) is 6.05. The molecule has 1 N–H and O–H groups in total. The minimum atomic E-state index is -0.645. The third-order valence-electron chi connectivity index (χ3n) is 3.40. The summed E-state index contributed by atoms with van der Waals surface area (Å²) in [6, 6.07) is -0.238. The van der Waals surface area contributed by atoms with Crippen molar-refractivity contribution in [2.45, 2.75) is 52.5 Å². The number of carbonyl (C=O) groups is 2. The van der Waals surface area contributed by atoms with E-state index in [1.807, 2.05) is 13.8 Å². The van der Waals surface area contributed by atoms with Crippen molar-refractivity contribution >= 4 is 11.9 Å². The van der Waals surface area contributed by atoms with E-state index in [-0.39, 0.29) is 11.9 Å². The van der Waals surface area contributed by atoms with E-state index < -0.39 is 5.54 Å². The Hall–Kier alpha value is -1.06. The molecule has 0 aromatic heterocycles. The van der Waals surface area contributed by atoms with Gasteiger partial charge in [0.05, 0.1) is 0 Å². The molecule has 16 heavy (non-hydrogen) atoms. The van der Waals surface area contributed by atoms with Crippen molar-refractivity contribution in [3.05, 3.63) is 0 Å². The van der Waals surface area contributed by atoms with Crippen molar-refractivity contribution in [3.8, 4) is 0 Å². The van der Waals surface area contributed by atoms with Crippen LogP contribution in [0.1, 0.15) is 47.0 Å². The second-order valence-corrected chi connectivity index (χ2v) is 5.07. The highest BCUT2D eigenvalue weighted by Crippen LogP contribution is 2.25. The quantitative estimate of drug-likeness (QED) is 0.730. The number of carbonyl (C=O) groups excluding carboxylic acids is 2. The molecule has 3 amide bonds. The standard InChI is InChI=1S/C12H22N2O2/c1-5-12(4)10(15)13-11(16)14(12)8-6-7-9(2)3/h9H,5-8H2,1-4H3,(H,13,15,16). The van der Waals surface area contributed by atoms with Gasteiger partial charge in [-0.2, -0.15) is 0 Å². The van der Waals surface area contributed by atoms with Gasteiger partial charge in [0, 0.05) is 6.54 Å². The normalized spacial score (nSPS) is 25.4. The van der Waals surface area contributed by atoms with E-state index in [9.17, 15) is 9.59 Å². The number of hydrogen-bond acceptors (Lipinski definition) is 2. The van der Waals surface area contributed by atoms with Crippen LogP contribution < -0.4 is 5.32 Å². The molecule has 0 aromatic rings. The number of hydrogen-bond donors (Lipinski definition) is 1. The number of urea groups is 1. The predicted octanol–water partition coefficient (Wildman–Crippen LogP) is 2.14. The maximum atomic E-state index is 11.7. The van der Waals surface area contributed by atoms with Crippen LogP contribution in [-0.4, -0.2) is 28.9 Å². The molecule has 4 nitrogen and oxygen atoms in total. The molecule has 4 heteroatoms. The Morgan fingerprint density at radius 2 is 2.00 bits per heavy atom. The molecular weight excluding hydrogens is 204 g/mol. The number of imide groups is 1. The lowest BCUT2D eigenvalue weighted by molar-refractivity contribution is -0.126. The zero-order chi connectivity index (χ0) is 12.3. The van der Waals surface area contributed by atoms with Crippen LogP contribution in [0.4, 0.5) is 4.79 Å². The molecule has 0 saturated carbocycles. The van der Waals surface area contributed by atoms with E-state index in [0.29, 0.717) is 18.9 Å². The van der Waals surface area contributed by atoms with E-state index in [1.165, 1.54) is 0 Å². The molecule has 1 heterocycles. The average molecular weight is 226 g/mol. The van der Waals surface area contributed by atoms with Gasteiger partial charge in [0.1, 0.15) is 5.54 Å². The van der Waals surface area contributed by atoms with E-state index in [1.54, 1.807) is 4.90 Å². The molecule has 0 radical (unpaired) electrons. The largest absolute Gasteiger partial charge is 0.325 e. The van der Waals surface area contributed by atoms with Crippen LogP contribution in [-0.2, 0) is 4.79 Å². The lowest BCUT2D eigenvalue weighted by atomic mass is 9.97. The Morgan fingerprint density at radius 3 is 2.50 bits per heavy atom. The van der Waals surface area contributed by atoms with Crippen LogP contribution in [0.3, 0.4) is 0 Å². The average Bonchev–Trinajstić information content (AvgIpc) is 2.41. The summed E-state index contributed by atoms with van der Waals surface area (Å²) in [7, 11) is 0. The summed E-state index contributed by atoms with van der Waals surface area (Å²) in [4.78, 5) is 25.0. The van der Waals surface area contributed by atoms with Crippen LogP contribution in [0.25, 0.3) is 0 Å². The summed E-state index contributed by atoms with van der Waals surface area (Å²) < 4.78 is 0. The zero-order valence-electron chi connectivity index (χ0n) is 10.7. The van der Waals surface area contributed by atoms with E-state index in [2.05, 4.69) is 19.2 Å². The van der Waals surface area contributed by atoms with Crippen LogP contribution in [0, 0.1) is 5.92 Å². The van der Waals surface area contributed by atoms with Crippen molar-refractivity contribution in [2.24, 2.45) is 5.92 Å². The molecule has 0 bridgehead atoms. The third-order valence-corrected chi connectivity index (χ3v) is 3.40. The lowest BCUT2D eigenvalue weighted by Crippen LogP contribution is -2.46. The highest BCUT2D eigenvalue weighted by Gasteiger charge is 2.47. The van der Waals surface area contributed by atoms with Crippen molar-refractivity contribution in [1.29, 1.82) is 0 Å². The second kappa shape index (κ2) is 4.85. The van der Waals surface area contributed by atoms with Gasteiger partial charge < -0.3 is 4.90 Å². The van der Waals surface area contributed by atoms with Crippen molar-refractivity contribution < 1.29 is 9.59 Å². The highest BCUT2D eigenvalue weighted by molar-refractivity contribution is 6.06. The molecular formula is C12H22N2O2. The fraction of sp³-hybridized carbons (Fsp3) is 0.833. The van der Waals surface area contributed by atoms with Gasteiger partial charge in [0.2, 0.25) is 0 Å². The topological polar surface area (TPSA) is 49.4 Å². The van der Waals surface area contributed by atoms with Crippen LogP contribution in [0.2, 0.25) is 0 Å². The predicted molar refractivity (Wildman–Crippen MR) is 63.0 cm³/mol. The molecule has 0 aliphatic carbocycles. The minimum Gasteiger partial charge on any atom is -0.310 e. The fourth-order valence-electron chi connectivity index (χ4n) is 2.00. The first-order chi connectivity index (χ1) is 7.41. The van der Waals surface area contributed by atoms with Gasteiger partial charge in [-0.05, 0) is 32.1 Å². The Labute approximate surface area is 97.4 Å². The van der Waals surface area contributed by atoms with Gasteiger partial charge in [-0.1, -0.05) is 20.8 Å². The Morgan fingerprint density at radius 1 is 1.38 bits per heavy atom. The van der Waals surface area contributed by atoms with Gasteiger partial charge in [-0.3, -0.25) is 10.1 Å².